The molecular weight excluding hydrogens is 656 g/mol. The number of phenols is 1. The van der Waals surface area contributed by atoms with Crippen LogP contribution in [-0.4, -0.2) is 65.8 Å². The normalized spacial score (nSPS) is 14.2. The van der Waals surface area contributed by atoms with Crippen LogP contribution in [0, 0.1) is 0 Å². The average molecular weight is 691 g/mol. The second-order valence-corrected chi connectivity index (χ2v) is 12.8. The number of alkyl halides is 12. The lowest BCUT2D eigenvalue weighted by Crippen LogP contribution is -2.71. The topological polar surface area (TPSA) is 72.8 Å². The molecule has 1 N–H and O–H groups in total. The minimum Gasteiger partial charge on any atom is -0.507 e. The number of rotatable bonds is 13. The van der Waals surface area contributed by atoms with E-state index in [1.54, 1.807) is 41.5 Å². The van der Waals surface area contributed by atoms with E-state index in [0.29, 0.717) is 16.7 Å². The van der Waals surface area contributed by atoms with Crippen LogP contribution in [0.2, 0.25) is 0 Å². The first-order chi connectivity index (χ1) is 20.2. The Labute approximate surface area is 256 Å². The number of carbonyl (C=O) groups is 2. The SMILES string of the molecule is C=C(C)C(=O)OCC(F)(F)C(F)(F)C(F)(F)C(F)(F)C(F)(F)C(F)(F)COC(=O)CCc1cc(C(C)(C)C)c(O)c(C(C)(C)C)c1. The van der Waals surface area contributed by atoms with Crippen molar-refractivity contribution < 1.29 is 76.9 Å². The van der Waals surface area contributed by atoms with Crippen LogP contribution in [0.15, 0.2) is 24.3 Å². The minimum absolute atomic E-state index is 0.0675. The molecular formula is C29H34F12O5. The molecule has 0 fully saturated rings. The number of aromatic hydroxyl groups is 1. The maximum Gasteiger partial charge on any atom is 0.384 e. The van der Waals surface area contributed by atoms with Gasteiger partial charge in [0.15, 0.2) is 13.2 Å². The average Bonchev–Trinajstić information content (AvgIpc) is 2.87. The summed E-state index contributed by atoms with van der Waals surface area (Å²) in [5.41, 5.74) is -0.869. The van der Waals surface area contributed by atoms with Crippen molar-refractivity contribution in [2.75, 3.05) is 13.2 Å². The van der Waals surface area contributed by atoms with Gasteiger partial charge in [-0.25, -0.2) is 4.79 Å². The van der Waals surface area contributed by atoms with Crippen LogP contribution in [0.5, 0.6) is 5.75 Å². The maximum absolute atomic E-state index is 14.2. The van der Waals surface area contributed by atoms with Gasteiger partial charge in [-0.05, 0) is 40.9 Å². The fourth-order valence-electron chi connectivity index (χ4n) is 3.79. The molecule has 0 amide bonds. The third kappa shape index (κ3) is 7.86. The molecule has 0 aliphatic carbocycles. The van der Waals surface area contributed by atoms with Crippen molar-refractivity contribution in [1.29, 1.82) is 0 Å². The number of esters is 2. The number of phenolic OH excluding ortho intramolecular Hbond substituents is 1. The Morgan fingerprint density at radius 3 is 1.35 bits per heavy atom. The summed E-state index contributed by atoms with van der Waals surface area (Å²) in [5, 5.41) is 10.7. The smallest absolute Gasteiger partial charge is 0.384 e. The number of carbonyl (C=O) groups excluding carboxylic acids is 2. The van der Waals surface area contributed by atoms with E-state index in [1.807, 2.05) is 0 Å². The van der Waals surface area contributed by atoms with Crippen molar-refractivity contribution in [2.24, 2.45) is 0 Å². The molecule has 5 nitrogen and oxygen atoms in total. The summed E-state index contributed by atoms with van der Waals surface area (Å²) in [6.07, 6.45) is -1.20. The lowest BCUT2D eigenvalue weighted by Gasteiger charge is -2.41. The van der Waals surface area contributed by atoms with Crippen molar-refractivity contribution >= 4 is 11.9 Å². The molecule has 1 aromatic rings. The molecule has 46 heavy (non-hydrogen) atoms. The van der Waals surface area contributed by atoms with Gasteiger partial charge < -0.3 is 14.6 Å². The minimum atomic E-state index is -7.89. The van der Waals surface area contributed by atoms with Gasteiger partial charge in [-0.1, -0.05) is 60.3 Å². The number of benzene rings is 1. The van der Waals surface area contributed by atoms with E-state index in [0.717, 1.165) is 6.92 Å². The number of hydrogen-bond donors (Lipinski definition) is 1. The molecule has 0 saturated carbocycles. The summed E-state index contributed by atoms with van der Waals surface area (Å²) in [4.78, 5) is 23.2. The molecule has 17 heteroatoms. The van der Waals surface area contributed by atoms with Crippen LogP contribution >= 0.6 is 0 Å². The second kappa shape index (κ2) is 12.8. The highest BCUT2D eigenvalue weighted by Crippen LogP contribution is 2.60. The summed E-state index contributed by atoms with van der Waals surface area (Å²) in [6, 6.07) is 2.91. The standard InChI is InChI=1S/C29H34F12O5/c1-15(2)21(44)46-14-25(32,33)27(36,37)29(40,41)28(38,39)26(34,35)24(30,31)13-45-19(42)10-9-16-11-17(22(3,4)5)20(43)18(12-16)23(6,7)8/h11-12,43H,1,9-10,13-14H2,2-8H3. The molecule has 0 radical (unpaired) electrons. The van der Waals surface area contributed by atoms with E-state index in [2.05, 4.69) is 16.1 Å². The maximum atomic E-state index is 14.2. The lowest BCUT2D eigenvalue weighted by atomic mass is 9.78. The van der Waals surface area contributed by atoms with Gasteiger partial charge in [0.25, 0.3) is 0 Å². The van der Waals surface area contributed by atoms with Crippen molar-refractivity contribution in [2.45, 2.75) is 108 Å². The predicted octanol–water partition coefficient (Wildman–Crippen LogP) is 8.39. The molecule has 0 aliphatic rings. The summed E-state index contributed by atoms with van der Waals surface area (Å²) in [7, 11) is 0. The summed E-state index contributed by atoms with van der Waals surface area (Å²) in [5.74, 6) is -47.4. The number of halogens is 12. The zero-order valence-corrected chi connectivity index (χ0v) is 25.8. The van der Waals surface area contributed by atoms with Crippen LogP contribution in [0.1, 0.15) is 71.6 Å². The third-order valence-electron chi connectivity index (χ3n) is 6.65. The van der Waals surface area contributed by atoms with Crippen LogP contribution in [0.3, 0.4) is 0 Å². The summed E-state index contributed by atoms with van der Waals surface area (Å²) < 4.78 is 176. The molecule has 264 valence electrons. The Balaban J connectivity index is 3.21. The van der Waals surface area contributed by atoms with Gasteiger partial charge in [0.1, 0.15) is 5.75 Å². The molecule has 0 saturated heterocycles. The van der Waals surface area contributed by atoms with E-state index in [1.165, 1.54) is 12.1 Å². The molecule has 0 unspecified atom stereocenters. The summed E-state index contributed by atoms with van der Waals surface area (Å²) in [6.45, 7) is 8.01. The van der Waals surface area contributed by atoms with Gasteiger partial charge >= 0.3 is 47.5 Å². The summed E-state index contributed by atoms with van der Waals surface area (Å²) >= 11 is 0. The lowest BCUT2D eigenvalue weighted by molar-refractivity contribution is -0.428. The van der Waals surface area contributed by atoms with Crippen molar-refractivity contribution in [3.05, 3.63) is 41.0 Å². The zero-order valence-electron chi connectivity index (χ0n) is 25.8. The Kier molecular flexibility index (Phi) is 11.4. The Morgan fingerprint density at radius 1 is 0.674 bits per heavy atom. The zero-order chi connectivity index (χ0) is 36.7. The molecule has 0 bridgehead atoms. The van der Waals surface area contributed by atoms with E-state index >= 15 is 0 Å². The van der Waals surface area contributed by atoms with Crippen LogP contribution in [0.25, 0.3) is 0 Å². The first-order valence-corrected chi connectivity index (χ1v) is 13.3. The Hall–Kier alpha value is -3.14. The molecule has 0 aliphatic heterocycles. The first-order valence-electron chi connectivity index (χ1n) is 13.3. The monoisotopic (exact) mass is 690 g/mol. The largest absolute Gasteiger partial charge is 0.507 e. The first kappa shape index (κ1) is 40.9. The van der Waals surface area contributed by atoms with Crippen LogP contribution < -0.4 is 0 Å². The van der Waals surface area contributed by atoms with Gasteiger partial charge in [-0.2, -0.15) is 52.7 Å². The van der Waals surface area contributed by atoms with Gasteiger partial charge in [-0.15, -0.1) is 0 Å². The molecule has 1 rings (SSSR count). The number of hydrogen-bond acceptors (Lipinski definition) is 5. The quantitative estimate of drug-likeness (QED) is 0.128. The van der Waals surface area contributed by atoms with Gasteiger partial charge in [-0.3, -0.25) is 4.79 Å². The van der Waals surface area contributed by atoms with Crippen molar-refractivity contribution in [1.82, 2.24) is 0 Å². The molecule has 0 heterocycles. The van der Waals surface area contributed by atoms with Crippen LogP contribution in [-0.2, 0) is 36.3 Å². The van der Waals surface area contributed by atoms with E-state index in [-0.39, 0.29) is 12.2 Å². The molecule has 0 aromatic heterocycles. The second-order valence-electron chi connectivity index (χ2n) is 12.8. The molecule has 1 aromatic carbocycles. The van der Waals surface area contributed by atoms with E-state index in [4.69, 9.17) is 0 Å². The van der Waals surface area contributed by atoms with Gasteiger partial charge in [0.2, 0.25) is 0 Å². The van der Waals surface area contributed by atoms with Gasteiger partial charge in [0, 0.05) is 12.0 Å². The highest BCUT2D eigenvalue weighted by Gasteiger charge is 2.90. The fourth-order valence-corrected chi connectivity index (χ4v) is 3.79. The van der Waals surface area contributed by atoms with Crippen LogP contribution in [0.4, 0.5) is 52.7 Å². The van der Waals surface area contributed by atoms with Crippen molar-refractivity contribution in [3.8, 4) is 5.75 Å². The molecule has 0 spiro atoms. The number of ether oxygens (including phenoxy) is 2. The highest BCUT2D eigenvalue weighted by molar-refractivity contribution is 5.86. The van der Waals surface area contributed by atoms with Crippen molar-refractivity contribution in [3.63, 3.8) is 0 Å². The van der Waals surface area contributed by atoms with E-state index < -0.39 is 83.5 Å². The third-order valence-corrected chi connectivity index (χ3v) is 6.65. The number of aryl methyl sites for hydroxylation is 1. The van der Waals surface area contributed by atoms with E-state index in [9.17, 15) is 67.4 Å². The Morgan fingerprint density at radius 2 is 1.02 bits per heavy atom. The Bertz CT molecular complexity index is 1270. The molecule has 0 atom stereocenters. The predicted molar refractivity (Wildman–Crippen MR) is 140 cm³/mol. The highest BCUT2D eigenvalue weighted by atomic mass is 19.4. The van der Waals surface area contributed by atoms with Gasteiger partial charge in [0.05, 0.1) is 0 Å². The fraction of sp³-hybridized carbons (Fsp3) is 0.655.